The summed E-state index contributed by atoms with van der Waals surface area (Å²) in [6.07, 6.45) is 5.47. The number of esters is 1. The number of amides is 1. The molecule has 1 aromatic heterocycles. The summed E-state index contributed by atoms with van der Waals surface area (Å²) in [4.78, 5) is 28.3. The molecule has 23 heavy (non-hydrogen) atoms. The Labute approximate surface area is 145 Å². The first-order valence-electron chi connectivity index (χ1n) is 8.00. The molecule has 0 unspecified atom stereocenters. The fraction of sp³-hybridized carbons (Fsp3) is 0.588. The van der Waals surface area contributed by atoms with E-state index in [9.17, 15) is 9.59 Å². The zero-order chi connectivity index (χ0) is 17.0. The Morgan fingerprint density at radius 1 is 1.35 bits per heavy atom. The highest BCUT2D eigenvalue weighted by Crippen LogP contribution is 2.29. The van der Waals surface area contributed by atoms with Crippen LogP contribution in [-0.4, -0.2) is 29.0 Å². The van der Waals surface area contributed by atoms with Crippen molar-refractivity contribution in [2.24, 2.45) is 11.8 Å². The van der Waals surface area contributed by atoms with Crippen LogP contribution in [-0.2, 0) is 9.53 Å². The van der Waals surface area contributed by atoms with E-state index in [1.807, 2.05) is 0 Å². The van der Waals surface area contributed by atoms with E-state index in [1.54, 1.807) is 19.2 Å². The molecule has 1 aliphatic carbocycles. The van der Waals surface area contributed by atoms with Gasteiger partial charge in [0, 0.05) is 22.9 Å². The molecule has 0 aliphatic heterocycles. The number of nitrogens with zero attached hydrogens (tertiary/aromatic N) is 1. The monoisotopic (exact) mass is 382 g/mol. The first-order chi connectivity index (χ1) is 10.9. The minimum absolute atomic E-state index is 0.153. The lowest BCUT2D eigenvalue weighted by molar-refractivity contribution is -0.130. The smallest absolute Gasteiger partial charge is 0.340 e. The average molecular weight is 383 g/mol. The minimum atomic E-state index is -0.828. The van der Waals surface area contributed by atoms with Gasteiger partial charge in [0.2, 0.25) is 0 Å². The second kappa shape index (κ2) is 7.90. The van der Waals surface area contributed by atoms with Crippen molar-refractivity contribution in [2.75, 3.05) is 0 Å². The molecule has 126 valence electrons. The summed E-state index contributed by atoms with van der Waals surface area (Å²) < 4.78 is 5.93. The van der Waals surface area contributed by atoms with Crippen LogP contribution in [0.25, 0.3) is 0 Å². The van der Waals surface area contributed by atoms with Crippen LogP contribution in [0.3, 0.4) is 0 Å². The number of hydrogen-bond donors (Lipinski definition) is 1. The Morgan fingerprint density at radius 3 is 2.78 bits per heavy atom. The van der Waals surface area contributed by atoms with E-state index >= 15 is 0 Å². The van der Waals surface area contributed by atoms with Gasteiger partial charge in [0.25, 0.3) is 5.91 Å². The maximum atomic E-state index is 12.3. The number of pyridine rings is 1. The molecule has 5 nitrogen and oxygen atoms in total. The van der Waals surface area contributed by atoms with E-state index in [1.165, 1.54) is 12.6 Å². The van der Waals surface area contributed by atoms with Crippen LogP contribution in [0.1, 0.15) is 50.4 Å². The third-order valence-electron chi connectivity index (χ3n) is 4.63. The summed E-state index contributed by atoms with van der Waals surface area (Å²) in [6.45, 7) is 5.97. The molecule has 1 fully saturated rings. The first-order valence-corrected chi connectivity index (χ1v) is 8.79. The van der Waals surface area contributed by atoms with Crippen molar-refractivity contribution < 1.29 is 14.3 Å². The van der Waals surface area contributed by atoms with Crippen LogP contribution >= 0.6 is 15.9 Å². The molecule has 0 saturated heterocycles. The molecule has 1 heterocycles. The number of carbonyl (C=O) groups is 2. The van der Waals surface area contributed by atoms with Crippen LogP contribution in [0.5, 0.6) is 0 Å². The molecule has 1 aliphatic rings. The molecule has 1 amide bonds. The Bertz CT molecular complexity index is 579. The van der Waals surface area contributed by atoms with Gasteiger partial charge in [-0.25, -0.2) is 4.79 Å². The number of halogens is 1. The van der Waals surface area contributed by atoms with Crippen molar-refractivity contribution >= 4 is 27.8 Å². The average Bonchev–Trinajstić information content (AvgIpc) is 2.51. The van der Waals surface area contributed by atoms with Crippen molar-refractivity contribution in [2.45, 2.75) is 52.2 Å². The molecule has 1 aromatic rings. The highest BCUT2D eigenvalue weighted by atomic mass is 79.9. The largest absolute Gasteiger partial charge is 0.449 e. The van der Waals surface area contributed by atoms with Crippen molar-refractivity contribution in [1.82, 2.24) is 10.3 Å². The highest BCUT2D eigenvalue weighted by molar-refractivity contribution is 9.10. The number of rotatable bonds is 4. The third-order valence-corrected chi connectivity index (χ3v) is 5.06. The van der Waals surface area contributed by atoms with Gasteiger partial charge in [-0.2, -0.15) is 0 Å². The van der Waals surface area contributed by atoms with E-state index in [0.29, 0.717) is 21.9 Å². The Hall–Kier alpha value is -1.43. The van der Waals surface area contributed by atoms with Crippen molar-refractivity contribution in [3.05, 3.63) is 28.5 Å². The van der Waals surface area contributed by atoms with E-state index in [-0.39, 0.29) is 11.9 Å². The summed E-state index contributed by atoms with van der Waals surface area (Å²) in [5.41, 5.74) is 0.318. The lowest BCUT2D eigenvalue weighted by Crippen LogP contribution is -2.47. The van der Waals surface area contributed by atoms with Crippen LogP contribution in [0.4, 0.5) is 0 Å². The lowest BCUT2D eigenvalue weighted by atomic mass is 9.78. The molecule has 1 saturated carbocycles. The van der Waals surface area contributed by atoms with Gasteiger partial charge in [-0.3, -0.25) is 9.78 Å². The molecular weight excluding hydrogens is 360 g/mol. The van der Waals surface area contributed by atoms with E-state index in [4.69, 9.17) is 4.74 Å². The molecule has 0 spiro atoms. The lowest BCUT2D eigenvalue weighted by Gasteiger charge is -2.35. The van der Waals surface area contributed by atoms with Gasteiger partial charge in [0.1, 0.15) is 0 Å². The first kappa shape index (κ1) is 17.9. The van der Waals surface area contributed by atoms with Gasteiger partial charge >= 0.3 is 5.97 Å². The zero-order valence-corrected chi connectivity index (χ0v) is 15.3. The molecule has 4 atom stereocenters. The maximum absolute atomic E-state index is 12.3. The molecule has 1 N–H and O–H groups in total. The summed E-state index contributed by atoms with van der Waals surface area (Å²) in [5, 5.41) is 3.03. The number of hydrogen-bond acceptors (Lipinski definition) is 4. The fourth-order valence-corrected chi connectivity index (χ4v) is 3.26. The Balaban J connectivity index is 1.91. The second-order valence-corrected chi connectivity index (χ2v) is 7.24. The predicted molar refractivity (Wildman–Crippen MR) is 90.9 cm³/mol. The molecular formula is C17H23BrN2O3. The number of aromatic nitrogens is 1. The van der Waals surface area contributed by atoms with E-state index in [0.717, 1.165) is 12.8 Å². The van der Waals surface area contributed by atoms with Crippen LogP contribution in [0.2, 0.25) is 0 Å². The fourth-order valence-electron chi connectivity index (χ4n) is 2.89. The second-order valence-electron chi connectivity index (χ2n) is 6.32. The van der Waals surface area contributed by atoms with Gasteiger partial charge < -0.3 is 10.1 Å². The number of nitrogens with one attached hydrogen (secondary N) is 1. The van der Waals surface area contributed by atoms with E-state index in [2.05, 4.69) is 40.1 Å². The van der Waals surface area contributed by atoms with Crippen LogP contribution in [0, 0.1) is 11.8 Å². The van der Waals surface area contributed by atoms with Crippen molar-refractivity contribution in [3.8, 4) is 0 Å². The Kier molecular flexibility index (Phi) is 6.16. The maximum Gasteiger partial charge on any atom is 0.340 e. The zero-order valence-electron chi connectivity index (χ0n) is 13.7. The van der Waals surface area contributed by atoms with Gasteiger partial charge in [-0.15, -0.1) is 0 Å². The minimum Gasteiger partial charge on any atom is -0.449 e. The Morgan fingerprint density at radius 2 is 2.09 bits per heavy atom. The topological polar surface area (TPSA) is 68.3 Å². The van der Waals surface area contributed by atoms with Crippen LogP contribution < -0.4 is 5.32 Å². The van der Waals surface area contributed by atoms with E-state index < -0.39 is 12.1 Å². The number of ether oxygens (including phenoxy) is 1. The van der Waals surface area contributed by atoms with Crippen molar-refractivity contribution in [1.29, 1.82) is 0 Å². The van der Waals surface area contributed by atoms with Gasteiger partial charge in [-0.05, 0) is 47.2 Å². The molecule has 2 rings (SSSR count). The van der Waals surface area contributed by atoms with Crippen molar-refractivity contribution in [3.63, 3.8) is 0 Å². The van der Waals surface area contributed by atoms with Gasteiger partial charge in [-0.1, -0.05) is 26.7 Å². The van der Waals surface area contributed by atoms with Gasteiger partial charge in [0.15, 0.2) is 6.10 Å². The SMILES string of the molecule is C[C@H]1[C@@H](C)CCC[C@H]1NC(=O)[C@H](C)OC(=O)c1cncc(Br)c1. The predicted octanol–water partition coefficient (Wildman–Crippen LogP) is 3.33. The van der Waals surface area contributed by atoms with Crippen LogP contribution in [0.15, 0.2) is 22.9 Å². The quantitative estimate of drug-likeness (QED) is 0.810. The summed E-state index contributed by atoms with van der Waals surface area (Å²) in [6, 6.07) is 1.77. The number of carbonyl (C=O) groups excluding carboxylic acids is 2. The standard InChI is InChI=1S/C17H23BrN2O3/c1-10-5-4-6-15(11(10)2)20-16(21)12(3)23-17(22)13-7-14(18)9-19-8-13/h7-12,15H,4-6H2,1-3H3,(H,20,21)/t10-,11-,12-,15+/m0/s1. The summed E-state index contributed by atoms with van der Waals surface area (Å²) in [5.74, 6) is 0.239. The normalized spacial score (nSPS) is 25.5. The van der Waals surface area contributed by atoms with Gasteiger partial charge in [0.05, 0.1) is 5.56 Å². The highest BCUT2D eigenvalue weighted by Gasteiger charge is 2.30. The summed E-state index contributed by atoms with van der Waals surface area (Å²) in [7, 11) is 0. The third kappa shape index (κ3) is 4.77. The molecule has 6 heteroatoms. The summed E-state index contributed by atoms with van der Waals surface area (Å²) >= 11 is 3.25. The molecule has 0 aromatic carbocycles. The molecule has 0 radical (unpaired) electrons. The molecule has 0 bridgehead atoms.